The average molecular weight is 560 g/mol. The van der Waals surface area contributed by atoms with Crippen molar-refractivity contribution in [3.8, 4) is 34.2 Å². The number of anilines is 1. The lowest BCUT2D eigenvalue weighted by Gasteiger charge is -2.15. The summed E-state index contributed by atoms with van der Waals surface area (Å²) in [5.74, 6) is -0.916. The molecule has 200 valence electrons. The maximum absolute atomic E-state index is 13.1. The molecule has 9 heteroatoms. The number of pyridine rings is 2. The number of nitrogens with one attached hydrogen (secondary N) is 2. The Morgan fingerprint density at radius 2 is 1.66 bits per heavy atom. The highest BCUT2D eigenvalue weighted by atomic mass is 35.5. The van der Waals surface area contributed by atoms with Crippen LogP contribution in [0, 0.1) is 11.3 Å². The van der Waals surface area contributed by atoms with E-state index in [0.717, 1.165) is 0 Å². The maximum Gasteiger partial charge on any atom is 0.258 e. The van der Waals surface area contributed by atoms with Crippen molar-refractivity contribution in [2.45, 2.75) is 6.54 Å². The number of hydrogen-bond donors (Lipinski definition) is 3. The summed E-state index contributed by atoms with van der Waals surface area (Å²) in [4.78, 5) is 34.9. The Morgan fingerprint density at radius 3 is 2.41 bits per heavy atom. The zero-order valence-electron chi connectivity index (χ0n) is 21.5. The Hall–Kier alpha value is -5.52. The van der Waals surface area contributed by atoms with Crippen LogP contribution in [0.4, 0.5) is 5.82 Å². The number of phenolic OH excluding ortho intramolecular Hbond substituents is 1. The molecule has 5 aromatic rings. The van der Waals surface area contributed by atoms with Crippen LogP contribution in [0.15, 0.2) is 103 Å². The number of phenols is 1. The summed E-state index contributed by atoms with van der Waals surface area (Å²) in [6.07, 6.45) is 1.65. The molecule has 0 atom stereocenters. The number of hydrogen-bond acceptors (Lipinski definition) is 6. The van der Waals surface area contributed by atoms with Crippen LogP contribution in [0.5, 0.6) is 5.75 Å². The molecule has 5 rings (SSSR count). The highest BCUT2D eigenvalue weighted by Crippen LogP contribution is 2.36. The van der Waals surface area contributed by atoms with Gasteiger partial charge in [0.1, 0.15) is 17.4 Å². The van der Waals surface area contributed by atoms with Gasteiger partial charge in [0.05, 0.1) is 28.5 Å². The predicted molar refractivity (Wildman–Crippen MR) is 156 cm³/mol. The summed E-state index contributed by atoms with van der Waals surface area (Å²) in [5, 5.41) is 26.5. The van der Waals surface area contributed by atoms with Crippen LogP contribution < -0.4 is 10.6 Å². The van der Waals surface area contributed by atoms with E-state index in [1.807, 2.05) is 12.1 Å². The normalized spacial score (nSPS) is 10.4. The first-order chi connectivity index (χ1) is 19.9. The van der Waals surface area contributed by atoms with E-state index in [2.05, 4.69) is 26.7 Å². The van der Waals surface area contributed by atoms with Gasteiger partial charge in [0, 0.05) is 22.9 Å². The van der Waals surface area contributed by atoms with Crippen molar-refractivity contribution in [2.24, 2.45) is 0 Å². The molecule has 0 unspecified atom stereocenters. The second-order valence-electron chi connectivity index (χ2n) is 8.93. The summed E-state index contributed by atoms with van der Waals surface area (Å²) >= 11 is 6.22. The highest BCUT2D eigenvalue weighted by Gasteiger charge is 2.20. The maximum atomic E-state index is 13.1. The van der Waals surface area contributed by atoms with Gasteiger partial charge in [-0.3, -0.25) is 14.6 Å². The summed E-state index contributed by atoms with van der Waals surface area (Å²) in [7, 11) is 0. The third kappa shape index (κ3) is 6.06. The van der Waals surface area contributed by atoms with Crippen LogP contribution in [-0.4, -0.2) is 26.9 Å². The molecule has 0 bridgehead atoms. The van der Waals surface area contributed by atoms with Crippen molar-refractivity contribution < 1.29 is 14.7 Å². The molecule has 0 saturated carbocycles. The second kappa shape index (κ2) is 12.1. The number of carbonyl (C=O) groups excluding carboxylic acids is 2. The third-order valence-electron chi connectivity index (χ3n) is 6.25. The van der Waals surface area contributed by atoms with Crippen LogP contribution in [0.3, 0.4) is 0 Å². The van der Waals surface area contributed by atoms with Gasteiger partial charge in [-0.1, -0.05) is 54.1 Å². The topological polar surface area (TPSA) is 128 Å². The number of para-hydroxylation sites is 1. The molecule has 3 N–H and O–H groups in total. The molecule has 0 spiro atoms. The summed E-state index contributed by atoms with van der Waals surface area (Å²) in [6, 6.07) is 29.1. The minimum Gasteiger partial charge on any atom is -0.507 e. The number of halogens is 1. The zero-order valence-corrected chi connectivity index (χ0v) is 22.3. The molecule has 3 aromatic carbocycles. The van der Waals surface area contributed by atoms with E-state index in [0.29, 0.717) is 33.6 Å². The van der Waals surface area contributed by atoms with E-state index in [-0.39, 0.29) is 40.2 Å². The number of aromatic nitrogens is 2. The fraction of sp³-hybridized carbons (Fsp3) is 0.0312. The van der Waals surface area contributed by atoms with Gasteiger partial charge in [-0.15, -0.1) is 0 Å². The predicted octanol–water partition coefficient (Wildman–Crippen LogP) is 6.22. The van der Waals surface area contributed by atoms with Gasteiger partial charge in [-0.2, -0.15) is 5.26 Å². The number of benzene rings is 3. The molecular weight excluding hydrogens is 538 g/mol. The van der Waals surface area contributed by atoms with E-state index in [9.17, 15) is 20.0 Å². The van der Waals surface area contributed by atoms with Crippen molar-refractivity contribution in [1.29, 1.82) is 5.26 Å². The number of aromatic hydroxyl groups is 1. The van der Waals surface area contributed by atoms with Gasteiger partial charge in [0.15, 0.2) is 5.82 Å². The molecular formula is C32H22ClN5O3. The molecule has 0 saturated heterocycles. The van der Waals surface area contributed by atoms with Crippen molar-refractivity contribution in [1.82, 2.24) is 15.3 Å². The van der Waals surface area contributed by atoms with Crippen molar-refractivity contribution in [3.63, 3.8) is 0 Å². The van der Waals surface area contributed by atoms with Crippen LogP contribution in [0.25, 0.3) is 22.4 Å². The smallest absolute Gasteiger partial charge is 0.258 e. The minimum atomic E-state index is -0.553. The Morgan fingerprint density at radius 1 is 0.878 bits per heavy atom. The lowest BCUT2D eigenvalue weighted by molar-refractivity contribution is 0.0949. The summed E-state index contributed by atoms with van der Waals surface area (Å²) in [5.41, 5.74) is 3.03. The Bertz CT molecular complexity index is 1800. The second-order valence-corrected chi connectivity index (χ2v) is 9.33. The standard InChI is InChI=1S/C32H22ClN5O3/c33-27-13-3-1-11-23(27)32(41)38-30-26(18-34)25(17-28(37-30)24-12-2-4-14-29(24)39)20-8-7-9-21(16-20)31(40)36-19-22-10-5-6-15-35-22/h1-17,39H,19H2,(H,36,40)(H,37,38,41). The van der Waals surface area contributed by atoms with Gasteiger partial charge in [-0.05, 0) is 60.2 Å². The van der Waals surface area contributed by atoms with Gasteiger partial charge >= 0.3 is 0 Å². The molecule has 0 radical (unpaired) electrons. The van der Waals surface area contributed by atoms with Crippen molar-refractivity contribution >= 4 is 29.2 Å². The Kier molecular flexibility index (Phi) is 8.00. The van der Waals surface area contributed by atoms with Gasteiger partial charge in [0.2, 0.25) is 0 Å². The lowest BCUT2D eigenvalue weighted by atomic mass is 9.96. The first-order valence-corrected chi connectivity index (χ1v) is 12.9. The van der Waals surface area contributed by atoms with Crippen molar-refractivity contribution in [2.75, 3.05) is 5.32 Å². The van der Waals surface area contributed by atoms with E-state index in [1.54, 1.807) is 85.1 Å². The number of nitrogens with zero attached hydrogens (tertiary/aromatic N) is 3. The minimum absolute atomic E-state index is 0.0156. The Balaban J connectivity index is 1.57. The number of rotatable bonds is 7. The highest BCUT2D eigenvalue weighted by molar-refractivity contribution is 6.34. The monoisotopic (exact) mass is 559 g/mol. The SMILES string of the molecule is N#Cc1c(-c2cccc(C(=O)NCc3ccccn3)c2)cc(-c2ccccc2O)nc1NC(=O)c1ccccc1Cl. The van der Waals surface area contributed by atoms with Crippen LogP contribution in [0.1, 0.15) is 32.0 Å². The molecule has 0 aliphatic heterocycles. The Labute approximate surface area is 240 Å². The number of amides is 2. The fourth-order valence-electron chi connectivity index (χ4n) is 4.23. The largest absolute Gasteiger partial charge is 0.507 e. The molecule has 0 aliphatic rings. The summed E-state index contributed by atoms with van der Waals surface area (Å²) < 4.78 is 0. The molecule has 0 fully saturated rings. The van der Waals surface area contributed by atoms with Crippen molar-refractivity contribution in [3.05, 3.63) is 131 Å². The molecule has 2 aromatic heterocycles. The molecule has 41 heavy (non-hydrogen) atoms. The molecule has 2 amide bonds. The molecule has 8 nitrogen and oxygen atoms in total. The fourth-order valence-corrected chi connectivity index (χ4v) is 4.45. The first kappa shape index (κ1) is 27.1. The molecule has 0 aliphatic carbocycles. The van der Waals surface area contributed by atoms with Crippen LogP contribution in [-0.2, 0) is 6.54 Å². The number of carbonyl (C=O) groups is 2. The number of nitriles is 1. The van der Waals surface area contributed by atoms with E-state index in [4.69, 9.17) is 11.6 Å². The van der Waals surface area contributed by atoms with Crippen LogP contribution in [0.2, 0.25) is 5.02 Å². The van der Waals surface area contributed by atoms with E-state index < -0.39 is 5.91 Å². The van der Waals surface area contributed by atoms with Gasteiger partial charge < -0.3 is 15.7 Å². The average Bonchev–Trinajstić information content (AvgIpc) is 3.00. The van der Waals surface area contributed by atoms with Crippen LogP contribution >= 0.6 is 11.6 Å². The zero-order chi connectivity index (χ0) is 28.8. The molecule has 2 heterocycles. The lowest BCUT2D eigenvalue weighted by Crippen LogP contribution is -2.23. The summed E-state index contributed by atoms with van der Waals surface area (Å²) in [6.45, 7) is 0.248. The van der Waals surface area contributed by atoms with Gasteiger partial charge in [0.25, 0.3) is 11.8 Å². The van der Waals surface area contributed by atoms with E-state index >= 15 is 0 Å². The van der Waals surface area contributed by atoms with Gasteiger partial charge in [-0.25, -0.2) is 4.98 Å². The first-order valence-electron chi connectivity index (χ1n) is 12.5. The quantitative estimate of drug-likeness (QED) is 0.217. The van der Waals surface area contributed by atoms with E-state index in [1.165, 1.54) is 6.07 Å². The third-order valence-corrected chi connectivity index (χ3v) is 6.58.